The van der Waals surface area contributed by atoms with Crippen molar-refractivity contribution < 1.29 is 18.8 Å². The standard InChI is InChI=1S/C20H18N2O4/c1-12-9-14-10-13(7-8-17(14)25-12)19-11-16(22-26-19)20(23)21-15-5-3-4-6-18(15)24-2/h3-8,10-12H,9H2,1-2H3,(H,21,23)/t12-/m1/s1. The number of hydrogen-bond donors (Lipinski definition) is 1. The maximum Gasteiger partial charge on any atom is 0.277 e. The zero-order valence-corrected chi connectivity index (χ0v) is 14.5. The van der Waals surface area contributed by atoms with Crippen LogP contribution < -0.4 is 14.8 Å². The molecule has 0 saturated heterocycles. The summed E-state index contributed by atoms with van der Waals surface area (Å²) in [6, 6.07) is 14.7. The van der Waals surface area contributed by atoms with Gasteiger partial charge in [-0.3, -0.25) is 4.79 Å². The first-order chi connectivity index (χ1) is 12.6. The van der Waals surface area contributed by atoms with Gasteiger partial charge in [-0.1, -0.05) is 17.3 Å². The molecular weight excluding hydrogens is 332 g/mol. The van der Waals surface area contributed by atoms with Crippen LogP contribution in [0.2, 0.25) is 0 Å². The topological polar surface area (TPSA) is 73.6 Å². The highest BCUT2D eigenvalue weighted by Gasteiger charge is 2.21. The van der Waals surface area contributed by atoms with Crippen molar-refractivity contribution in [3.63, 3.8) is 0 Å². The fourth-order valence-electron chi connectivity index (χ4n) is 3.03. The molecule has 1 amide bonds. The van der Waals surface area contributed by atoms with Crippen molar-refractivity contribution in [3.8, 4) is 22.8 Å². The Hall–Kier alpha value is -3.28. The summed E-state index contributed by atoms with van der Waals surface area (Å²) >= 11 is 0. The highest BCUT2D eigenvalue weighted by Crippen LogP contribution is 2.33. The van der Waals surface area contributed by atoms with E-state index in [0.717, 1.165) is 23.3 Å². The number of carbonyl (C=O) groups is 1. The number of aromatic nitrogens is 1. The predicted molar refractivity (Wildman–Crippen MR) is 96.7 cm³/mol. The number of methoxy groups -OCH3 is 1. The highest BCUT2D eigenvalue weighted by molar-refractivity contribution is 6.04. The molecule has 0 fully saturated rings. The first-order valence-electron chi connectivity index (χ1n) is 8.35. The molecular formula is C20H18N2O4. The van der Waals surface area contributed by atoms with E-state index in [0.29, 0.717) is 17.2 Å². The number of amides is 1. The highest BCUT2D eigenvalue weighted by atomic mass is 16.5. The van der Waals surface area contributed by atoms with Crippen LogP contribution in [0.25, 0.3) is 11.3 Å². The smallest absolute Gasteiger partial charge is 0.277 e. The molecule has 1 aliphatic rings. The van der Waals surface area contributed by atoms with Crippen molar-refractivity contribution in [2.45, 2.75) is 19.4 Å². The van der Waals surface area contributed by atoms with Crippen LogP contribution in [0, 0.1) is 0 Å². The van der Waals surface area contributed by atoms with Gasteiger partial charge in [0, 0.05) is 18.1 Å². The molecule has 0 radical (unpaired) electrons. The lowest BCUT2D eigenvalue weighted by Gasteiger charge is -2.08. The third kappa shape index (κ3) is 3.01. The van der Waals surface area contributed by atoms with Crippen LogP contribution >= 0.6 is 0 Å². The summed E-state index contributed by atoms with van der Waals surface area (Å²) in [5.41, 5.74) is 2.78. The van der Waals surface area contributed by atoms with Crippen LogP contribution in [0.4, 0.5) is 5.69 Å². The second-order valence-electron chi connectivity index (χ2n) is 6.19. The number of rotatable bonds is 4. The molecule has 0 aliphatic carbocycles. The minimum absolute atomic E-state index is 0.178. The molecule has 4 rings (SSSR count). The average molecular weight is 350 g/mol. The summed E-state index contributed by atoms with van der Waals surface area (Å²) in [7, 11) is 1.55. The molecule has 0 spiro atoms. The van der Waals surface area contributed by atoms with Gasteiger partial charge in [-0.05, 0) is 42.8 Å². The van der Waals surface area contributed by atoms with Gasteiger partial charge in [0.15, 0.2) is 11.5 Å². The zero-order valence-electron chi connectivity index (χ0n) is 14.5. The van der Waals surface area contributed by atoms with Crippen LogP contribution in [0.5, 0.6) is 11.5 Å². The van der Waals surface area contributed by atoms with Gasteiger partial charge in [0.25, 0.3) is 5.91 Å². The van der Waals surface area contributed by atoms with E-state index in [9.17, 15) is 4.79 Å². The van der Waals surface area contributed by atoms with Crippen molar-refractivity contribution in [2.75, 3.05) is 12.4 Å². The SMILES string of the molecule is COc1ccccc1NC(=O)c1cc(-c2ccc3c(c2)C[C@@H](C)O3)on1. The Kier molecular flexibility index (Phi) is 4.08. The first-order valence-corrected chi connectivity index (χ1v) is 8.35. The van der Waals surface area contributed by atoms with E-state index in [1.165, 1.54) is 0 Å². The monoisotopic (exact) mass is 350 g/mol. The first kappa shape index (κ1) is 16.2. The van der Waals surface area contributed by atoms with E-state index in [1.54, 1.807) is 25.3 Å². The zero-order chi connectivity index (χ0) is 18.1. The molecule has 0 bridgehead atoms. The van der Waals surface area contributed by atoms with Crippen LogP contribution in [-0.4, -0.2) is 24.3 Å². The number of para-hydroxylation sites is 2. The minimum Gasteiger partial charge on any atom is -0.495 e. The number of nitrogens with zero attached hydrogens (tertiary/aromatic N) is 1. The molecule has 132 valence electrons. The van der Waals surface area contributed by atoms with E-state index < -0.39 is 0 Å². The van der Waals surface area contributed by atoms with Crippen molar-refractivity contribution in [2.24, 2.45) is 0 Å². The lowest BCUT2D eigenvalue weighted by molar-refractivity contribution is 0.101. The number of fused-ring (bicyclic) bond motifs is 1. The van der Waals surface area contributed by atoms with Crippen molar-refractivity contribution in [1.29, 1.82) is 0 Å². The van der Waals surface area contributed by atoms with E-state index in [2.05, 4.69) is 10.5 Å². The molecule has 0 unspecified atom stereocenters. The number of hydrogen-bond acceptors (Lipinski definition) is 5. The second kappa shape index (κ2) is 6.55. The minimum atomic E-state index is -0.359. The fraction of sp³-hybridized carbons (Fsp3) is 0.200. The van der Waals surface area contributed by atoms with Gasteiger partial charge >= 0.3 is 0 Å². The van der Waals surface area contributed by atoms with Gasteiger partial charge < -0.3 is 19.3 Å². The van der Waals surface area contributed by atoms with Gasteiger partial charge in [0.1, 0.15) is 17.6 Å². The lowest BCUT2D eigenvalue weighted by Crippen LogP contribution is -2.12. The Morgan fingerprint density at radius 3 is 2.92 bits per heavy atom. The maximum absolute atomic E-state index is 12.4. The Bertz CT molecular complexity index is 964. The third-order valence-electron chi connectivity index (χ3n) is 4.28. The van der Waals surface area contributed by atoms with Gasteiger partial charge in [-0.2, -0.15) is 0 Å². The molecule has 6 heteroatoms. The fourth-order valence-corrected chi connectivity index (χ4v) is 3.03. The molecule has 1 atom stereocenters. The molecule has 1 aliphatic heterocycles. The van der Waals surface area contributed by atoms with Crippen molar-refractivity contribution in [3.05, 3.63) is 59.8 Å². The average Bonchev–Trinajstić information content (AvgIpc) is 3.27. The molecule has 2 heterocycles. The molecule has 6 nitrogen and oxygen atoms in total. The Morgan fingerprint density at radius 1 is 1.23 bits per heavy atom. The second-order valence-corrected chi connectivity index (χ2v) is 6.19. The van der Waals surface area contributed by atoms with Gasteiger partial charge in [0.05, 0.1) is 12.8 Å². The van der Waals surface area contributed by atoms with E-state index in [4.69, 9.17) is 14.0 Å². The summed E-state index contributed by atoms with van der Waals surface area (Å²) < 4.78 is 16.3. The van der Waals surface area contributed by atoms with Crippen LogP contribution in [0.3, 0.4) is 0 Å². The molecule has 3 aromatic rings. The number of ether oxygens (including phenoxy) is 2. The van der Waals surface area contributed by atoms with Gasteiger partial charge in [-0.25, -0.2) is 0 Å². The maximum atomic E-state index is 12.4. The summed E-state index contributed by atoms with van der Waals surface area (Å²) in [5, 5.41) is 6.68. The lowest BCUT2D eigenvalue weighted by atomic mass is 10.1. The predicted octanol–water partition coefficient (Wildman–Crippen LogP) is 3.93. The van der Waals surface area contributed by atoms with E-state index in [-0.39, 0.29) is 17.7 Å². The van der Waals surface area contributed by atoms with Gasteiger partial charge in [-0.15, -0.1) is 0 Å². The molecule has 26 heavy (non-hydrogen) atoms. The number of carbonyl (C=O) groups excluding carboxylic acids is 1. The van der Waals surface area contributed by atoms with Crippen molar-refractivity contribution in [1.82, 2.24) is 5.16 Å². The molecule has 0 saturated carbocycles. The Labute approximate surface area is 150 Å². The largest absolute Gasteiger partial charge is 0.495 e. The molecule has 2 aromatic carbocycles. The Balaban J connectivity index is 1.55. The number of anilines is 1. The van der Waals surface area contributed by atoms with E-state index >= 15 is 0 Å². The van der Waals surface area contributed by atoms with Gasteiger partial charge in [0.2, 0.25) is 0 Å². The van der Waals surface area contributed by atoms with Crippen molar-refractivity contribution >= 4 is 11.6 Å². The van der Waals surface area contributed by atoms with Crippen LogP contribution in [0.1, 0.15) is 23.0 Å². The number of nitrogens with one attached hydrogen (secondary N) is 1. The summed E-state index contributed by atoms with van der Waals surface area (Å²) in [6.07, 6.45) is 1.04. The van der Waals surface area contributed by atoms with E-state index in [1.807, 2.05) is 37.3 Å². The quantitative estimate of drug-likeness (QED) is 0.772. The van der Waals surface area contributed by atoms with Crippen LogP contribution in [-0.2, 0) is 6.42 Å². The molecule has 1 N–H and O–H groups in total. The number of benzene rings is 2. The summed E-state index contributed by atoms with van der Waals surface area (Å²) in [4.78, 5) is 12.4. The third-order valence-corrected chi connectivity index (χ3v) is 4.28. The molecule has 1 aromatic heterocycles. The Morgan fingerprint density at radius 2 is 2.08 bits per heavy atom. The summed E-state index contributed by atoms with van der Waals surface area (Å²) in [6.45, 7) is 2.04. The summed E-state index contributed by atoms with van der Waals surface area (Å²) in [5.74, 6) is 1.66. The van der Waals surface area contributed by atoms with Crippen LogP contribution in [0.15, 0.2) is 53.1 Å². The normalized spacial score (nSPS) is 15.2.